The van der Waals surface area contributed by atoms with Crippen molar-refractivity contribution in [3.63, 3.8) is 0 Å². The summed E-state index contributed by atoms with van der Waals surface area (Å²) < 4.78 is 4.80. The lowest BCUT2D eigenvalue weighted by Crippen LogP contribution is -2.02. The van der Waals surface area contributed by atoms with Crippen LogP contribution in [0.15, 0.2) is 12.2 Å². The fourth-order valence-corrected chi connectivity index (χ4v) is 0.992. The zero-order chi connectivity index (χ0) is 9.94. The molecule has 0 N–H and O–H groups in total. The minimum absolute atomic E-state index is 0.0948. The zero-order valence-corrected chi connectivity index (χ0v) is 8.71. The molecule has 0 unspecified atom stereocenters. The Kier molecular flexibility index (Phi) is 8.73. The van der Waals surface area contributed by atoms with Crippen molar-refractivity contribution in [2.75, 3.05) is 6.61 Å². The zero-order valence-electron chi connectivity index (χ0n) is 8.71. The lowest BCUT2D eigenvalue weighted by molar-refractivity contribution is -0.142. The maximum absolute atomic E-state index is 10.9. The Hall–Kier alpha value is -0.790. The number of ether oxygens (including phenoxy) is 1. The van der Waals surface area contributed by atoms with Gasteiger partial charge in [0, 0.05) is 6.42 Å². The molecular weight excluding hydrogens is 164 g/mol. The first kappa shape index (κ1) is 12.2. The Balaban J connectivity index is 3.23. The summed E-state index contributed by atoms with van der Waals surface area (Å²) >= 11 is 0. The lowest BCUT2D eigenvalue weighted by atomic mass is 10.2. The average molecular weight is 184 g/mol. The summed E-state index contributed by atoms with van der Waals surface area (Å²) in [5, 5.41) is 0. The van der Waals surface area contributed by atoms with E-state index in [1.807, 2.05) is 6.92 Å². The number of carbonyl (C=O) groups is 1. The topological polar surface area (TPSA) is 26.3 Å². The molecule has 0 bridgehead atoms. The monoisotopic (exact) mass is 184 g/mol. The van der Waals surface area contributed by atoms with Crippen LogP contribution in [0, 0.1) is 0 Å². The molecule has 0 heterocycles. The normalized spacial score (nSPS) is 10.6. The van der Waals surface area contributed by atoms with E-state index in [4.69, 9.17) is 4.74 Å². The van der Waals surface area contributed by atoms with Crippen LogP contribution in [-0.2, 0) is 9.53 Å². The van der Waals surface area contributed by atoms with Crippen molar-refractivity contribution in [3.8, 4) is 0 Å². The number of carbonyl (C=O) groups excluding carboxylic acids is 1. The summed E-state index contributed by atoms with van der Waals surface area (Å²) in [5.74, 6) is -0.0948. The second-order valence-electron chi connectivity index (χ2n) is 2.96. The smallest absolute Gasteiger partial charge is 0.306 e. The molecular formula is C11H20O2. The molecule has 0 fully saturated rings. The van der Waals surface area contributed by atoms with E-state index < -0.39 is 0 Å². The van der Waals surface area contributed by atoms with Crippen LogP contribution >= 0.6 is 0 Å². The van der Waals surface area contributed by atoms with E-state index in [2.05, 4.69) is 19.1 Å². The fourth-order valence-electron chi connectivity index (χ4n) is 0.992. The maximum Gasteiger partial charge on any atom is 0.306 e. The van der Waals surface area contributed by atoms with E-state index in [-0.39, 0.29) is 5.97 Å². The van der Waals surface area contributed by atoms with Gasteiger partial charge in [0.2, 0.25) is 0 Å². The summed E-state index contributed by atoms with van der Waals surface area (Å²) in [6.07, 6.45) is 9.10. The van der Waals surface area contributed by atoms with Gasteiger partial charge >= 0.3 is 5.97 Å². The van der Waals surface area contributed by atoms with Crippen molar-refractivity contribution in [3.05, 3.63) is 12.2 Å². The van der Waals surface area contributed by atoms with Crippen molar-refractivity contribution in [2.24, 2.45) is 0 Å². The van der Waals surface area contributed by atoms with Gasteiger partial charge in [-0.1, -0.05) is 31.9 Å². The second kappa shape index (κ2) is 9.30. The van der Waals surface area contributed by atoms with Crippen LogP contribution in [0.5, 0.6) is 0 Å². The number of rotatable bonds is 7. The molecule has 2 nitrogen and oxygen atoms in total. The van der Waals surface area contributed by atoms with Gasteiger partial charge in [-0.2, -0.15) is 0 Å². The predicted molar refractivity (Wildman–Crippen MR) is 54.5 cm³/mol. The molecule has 76 valence electrons. The molecule has 0 aliphatic carbocycles. The van der Waals surface area contributed by atoms with Crippen LogP contribution in [0.2, 0.25) is 0 Å². The summed E-state index contributed by atoms with van der Waals surface area (Å²) in [4.78, 5) is 10.9. The second-order valence-corrected chi connectivity index (χ2v) is 2.96. The van der Waals surface area contributed by atoms with Crippen LogP contribution in [0.4, 0.5) is 0 Å². The highest BCUT2D eigenvalue weighted by Gasteiger charge is 1.97. The summed E-state index contributed by atoms with van der Waals surface area (Å²) in [6.45, 7) is 4.49. The predicted octanol–water partition coefficient (Wildman–Crippen LogP) is 3.08. The van der Waals surface area contributed by atoms with Crippen LogP contribution in [0.25, 0.3) is 0 Å². The van der Waals surface area contributed by atoms with Gasteiger partial charge < -0.3 is 4.74 Å². The highest BCUT2D eigenvalue weighted by atomic mass is 16.5. The molecule has 0 aromatic heterocycles. The third kappa shape index (κ3) is 9.12. The van der Waals surface area contributed by atoms with Gasteiger partial charge in [0.15, 0.2) is 0 Å². The molecule has 13 heavy (non-hydrogen) atoms. The fraction of sp³-hybridized carbons (Fsp3) is 0.727. The van der Waals surface area contributed by atoms with Crippen molar-refractivity contribution in [2.45, 2.75) is 46.0 Å². The molecule has 0 spiro atoms. The lowest BCUT2D eigenvalue weighted by Gasteiger charge is -1.97. The van der Waals surface area contributed by atoms with Gasteiger partial charge in [0.05, 0.1) is 6.61 Å². The average Bonchev–Trinajstić information content (AvgIpc) is 2.11. The Morgan fingerprint density at radius 1 is 1.23 bits per heavy atom. The van der Waals surface area contributed by atoms with Gasteiger partial charge in [0.1, 0.15) is 0 Å². The molecule has 0 atom stereocenters. The molecule has 0 aliphatic heterocycles. The third-order valence-corrected chi connectivity index (χ3v) is 1.71. The molecule has 2 heteroatoms. The van der Waals surface area contributed by atoms with E-state index in [9.17, 15) is 4.79 Å². The Morgan fingerprint density at radius 3 is 2.54 bits per heavy atom. The standard InChI is InChI=1S/C11H20O2/c1-3-5-6-7-8-9-10-11(12)13-4-2/h7-8H,3-6,9-10H2,1-2H3/b8-7-. The Bertz CT molecular complexity index is 150. The molecule has 0 aromatic rings. The van der Waals surface area contributed by atoms with Crippen LogP contribution in [0.1, 0.15) is 46.0 Å². The minimum Gasteiger partial charge on any atom is -0.466 e. The van der Waals surface area contributed by atoms with Gasteiger partial charge in [-0.15, -0.1) is 0 Å². The van der Waals surface area contributed by atoms with Crippen LogP contribution < -0.4 is 0 Å². The van der Waals surface area contributed by atoms with Crippen LogP contribution in [-0.4, -0.2) is 12.6 Å². The molecule has 0 radical (unpaired) electrons. The molecule has 0 aromatic carbocycles. The SMILES string of the molecule is CCCC/C=C\CCC(=O)OCC. The number of hydrogen-bond donors (Lipinski definition) is 0. The highest BCUT2D eigenvalue weighted by molar-refractivity contribution is 5.69. The number of unbranched alkanes of at least 4 members (excludes halogenated alkanes) is 2. The first-order chi connectivity index (χ1) is 6.31. The van der Waals surface area contributed by atoms with E-state index in [1.165, 1.54) is 12.8 Å². The Labute approximate surface area is 81.0 Å². The van der Waals surface area contributed by atoms with Crippen molar-refractivity contribution >= 4 is 5.97 Å². The first-order valence-corrected chi connectivity index (χ1v) is 5.11. The molecule has 0 aliphatic rings. The molecule has 0 saturated carbocycles. The largest absolute Gasteiger partial charge is 0.466 e. The van der Waals surface area contributed by atoms with E-state index in [0.717, 1.165) is 12.8 Å². The number of allylic oxidation sites excluding steroid dienone is 2. The van der Waals surface area contributed by atoms with Gasteiger partial charge in [-0.05, 0) is 19.8 Å². The number of esters is 1. The van der Waals surface area contributed by atoms with Crippen molar-refractivity contribution in [1.82, 2.24) is 0 Å². The summed E-state index contributed by atoms with van der Waals surface area (Å²) in [7, 11) is 0. The molecule has 0 amide bonds. The quantitative estimate of drug-likeness (QED) is 0.345. The van der Waals surface area contributed by atoms with Crippen molar-refractivity contribution < 1.29 is 9.53 Å². The third-order valence-electron chi connectivity index (χ3n) is 1.71. The molecule has 0 rings (SSSR count). The van der Waals surface area contributed by atoms with Gasteiger partial charge in [-0.25, -0.2) is 0 Å². The maximum atomic E-state index is 10.9. The van der Waals surface area contributed by atoms with Crippen molar-refractivity contribution in [1.29, 1.82) is 0 Å². The van der Waals surface area contributed by atoms with E-state index in [0.29, 0.717) is 13.0 Å². The van der Waals surface area contributed by atoms with Gasteiger partial charge in [-0.3, -0.25) is 4.79 Å². The number of hydrogen-bond acceptors (Lipinski definition) is 2. The van der Waals surface area contributed by atoms with E-state index >= 15 is 0 Å². The summed E-state index contributed by atoms with van der Waals surface area (Å²) in [6, 6.07) is 0. The Morgan fingerprint density at radius 2 is 1.92 bits per heavy atom. The highest BCUT2D eigenvalue weighted by Crippen LogP contribution is 1.99. The minimum atomic E-state index is -0.0948. The molecule has 0 saturated heterocycles. The van der Waals surface area contributed by atoms with Gasteiger partial charge in [0.25, 0.3) is 0 Å². The van der Waals surface area contributed by atoms with Crippen LogP contribution in [0.3, 0.4) is 0 Å². The van der Waals surface area contributed by atoms with E-state index in [1.54, 1.807) is 0 Å². The first-order valence-electron chi connectivity index (χ1n) is 5.11. The summed E-state index contributed by atoms with van der Waals surface area (Å²) in [5.41, 5.74) is 0.